The lowest BCUT2D eigenvalue weighted by Crippen LogP contribution is -2.44. The maximum Gasteiger partial charge on any atom is 0.324 e. The normalized spacial score (nSPS) is 24.5. The minimum atomic E-state index is -3.89. The Labute approximate surface area is 111 Å². The van der Waals surface area contributed by atoms with Gasteiger partial charge in [0.1, 0.15) is 6.04 Å². The van der Waals surface area contributed by atoms with Crippen molar-refractivity contribution in [1.82, 2.24) is 4.31 Å². The molecule has 0 radical (unpaired) electrons. The van der Waals surface area contributed by atoms with Crippen molar-refractivity contribution < 1.29 is 23.4 Å². The number of carboxylic acid groups (broad SMARTS) is 1. The Bertz CT molecular complexity index is 581. The number of aliphatic hydroxyl groups excluding tert-OH is 1. The first-order valence-corrected chi connectivity index (χ1v) is 7.27. The van der Waals surface area contributed by atoms with E-state index < -0.39 is 28.1 Å². The van der Waals surface area contributed by atoms with Gasteiger partial charge >= 0.3 is 5.97 Å². The van der Waals surface area contributed by atoms with E-state index in [0.29, 0.717) is 0 Å². The molecule has 2 rings (SSSR count). The quantitative estimate of drug-likeness (QED) is 0.827. The molecule has 1 fully saturated rings. The molecular formula is C12H15NO5S. The summed E-state index contributed by atoms with van der Waals surface area (Å²) in [5, 5.41) is 18.6. The number of hydrogen-bond donors (Lipinski definition) is 2. The number of hydrogen-bond acceptors (Lipinski definition) is 4. The minimum Gasteiger partial charge on any atom is -0.480 e. The second kappa shape index (κ2) is 4.92. The molecule has 0 aromatic heterocycles. The maximum absolute atomic E-state index is 12.4. The lowest BCUT2D eigenvalue weighted by atomic mass is 10.2. The largest absolute Gasteiger partial charge is 0.480 e. The van der Waals surface area contributed by atoms with Gasteiger partial charge in [-0.1, -0.05) is 17.7 Å². The Balaban J connectivity index is 2.39. The molecule has 1 aromatic rings. The van der Waals surface area contributed by atoms with Crippen LogP contribution in [0.5, 0.6) is 0 Å². The SMILES string of the molecule is Cc1ccc(S(=O)(=O)N2CC[C@@H](O)[C@H]2C(=O)O)cc1. The van der Waals surface area contributed by atoms with Gasteiger partial charge in [0.15, 0.2) is 0 Å². The summed E-state index contributed by atoms with van der Waals surface area (Å²) in [6.45, 7) is 1.84. The molecule has 2 N–H and O–H groups in total. The molecular weight excluding hydrogens is 270 g/mol. The van der Waals surface area contributed by atoms with Gasteiger partial charge in [-0.2, -0.15) is 4.31 Å². The van der Waals surface area contributed by atoms with Gasteiger partial charge in [-0.05, 0) is 25.5 Å². The number of aliphatic carboxylic acids is 1. The number of nitrogens with zero attached hydrogens (tertiary/aromatic N) is 1. The van der Waals surface area contributed by atoms with E-state index >= 15 is 0 Å². The van der Waals surface area contributed by atoms with Gasteiger partial charge in [0.2, 0.25) is 10.0 Å². The number of benzene rings is 1. The minimum absolute atomic E-state index is 0.00828. The molecule has 0 spiro atoms. The maximum atomic E-state index is 12.4. The van der Waals surface area contributed by atoms with Crippen LogP contribution in [0.3, 0.4) is 0 Å². The van der Waals surface area contributed by atoms with E-state index in [2.05, 4.69) is 0 Å². The summed E-state index contributed by atoms with van der Waals surface area (Å²) in [5.74, 6) is -1.33. The summed E-state index contributed by atoms with van der Waals surface area (Å²) in [4.78, 5) is 11.1. The Morgan fingerprint density at radius 1 is 1.32 bits per heavy atom. The highest BCUT2D eigenvalue weighted by molar-refractivity contribution is 7.89. The van der Waals surface area contributed by atoms with Crippen molar-refractivity contribution in [1.29, 1.82) is 0 Å². The van der Waals surface area contributed by atoms with Crippen molar-refractivity contribution in [2.75, 3.05) is 6.54 Å². The summed E-state index contributed by atoms with van der Waals surface area (Å²) in [6, 6.07) is 4.76. The smallest absolute Gasteiger partial charge is 0.324 e. The number of rotatable bonds is 3. The molecule has 1 heterocycles. The predicted octanol–water partition coefficient (Wildman–Crippen LogP) is 0.204. The standard InChI is InChI=1S/C12H15NO5S/c1-8-2-4-9(5-3-8)19(17,18)13-7-6-10(14)11(13)12(15)16/h2-5,10-11,14H,6-7H2,1H3,(H,15,16)/t10-,11+/m1/s1. The molecule has 1 aliphatic heterocycles. The fourth-order valence-corrected chi connectivity index (χ4v) is 3.78. The Hall–Kier alpha value is -1.44. The van der Waals surface area contributed by atoms with Gasteiger partial charge in [0.25, 0.3) is 0 Å². The third-order valence-corrected chi connectivity index (χ3v) is 5.10. The van der Waals surface area contributed by atoms with Crippen LogP contribution >= 0.6 is 0 Å². The molecule has 0 bridgehead atoms. The van der Waals surface area contributed by atoms with E-state index in [1.165, 1.54) is 12.1 Å². The number of sulfonamides is 1. The van der Waals surface area contributed by atoms with Crippen molar-refractivity contribution in [2.24, 2.45) is 0 Å². The van der Waals surface area contributed by atoms with Crippen LogP contribution in [0, 0.1) is 6.92 Å². The van der Waals surface area contributed by atoms with Crippen molar-refractivity contribution in [3.8, 4) is 0 Å². The molecule has 0 saturated carbocycles. The molecule has 19 heavy (non-hydrogen) atoms. The van der Waals surface area contributed by atoms with Crippen LogP contribution in [-0.2, 0) is 14.8 Å². The second-order valence-corrected chi connectivity index (χ2v) is 6.46. The first-order chi connectivity index (χ1) is 8.84. The van der Waals surface area contributed by atoms with Crippen LogP contribution in [-0.4, -0.2) is 47.6 Å². The number of carbonyl (C=O) groups is 1. The number of aryl methyl sites for hydroxylation is 1. The zero-order valence-corrected chi connectivity index (χ0v) is 11.2. The van der Waals surface area contributed by atoms with E-state index in [4.69, 9.17) is 5.11 Å². The molecule has 7 heteroatoms. The summed E-state index contributed by atoms with van der Waals surface area (Å²) >= 11 is 0. The van der Waals surface area contributed by atoms with Crippen LogP contribution in [0.2, 0.25) is 0 Å². The summed E-state index contributed by atoms with van der Waals surface area (Å²) in [6.07, 6.45) is -1.04. The third-order valence-electron chi connectivity index (χ3n) is 3.20. The Morgan fingerprint density at radius 3 is 2.42 bits per heavy atom. The second-order valence-electron chi connectivity index (χ2n) is 4.57. The summed E-state index contributed by atoms with van der Waals surface area (Å²) < 4.78 is 25.6. The molecule has 0 amide bonds. The average molecular weight is 285 g/mol. The molecule has 6 nitrogen and oxygen atoms in total. The van der Waals surface area contributed by atoms with Gasteiger partial charge in [0, 0.05) is 6.54 Å². The van der Waals surface area contributed by atoms with Gasteiger partial charge in [-0.15, -0.1) is 0 Å². The molecule has 1 aliphatic rings. The summed E-state index contributed by atoms with van der Waals surface area (Å²) in [5.41, 5.74) is 0.912. The average Bonchev–Trinajstić information content (AvgIpc) is 2.72. The lowest BCUT2D eigenvalue weighted by molar-refractivity contribution is -0.143. The fourth-order valence-electron chi connectivity index (χ4n) is 2.15. The van der Waals surface area contributed by atoms with Crippen LogP contribution < -0.4 is 0 Å². The Morgan fingerprint density at radius 2 is 1.89 bits per heavy atom. The topological polar surface area (TPSA) is 94.9 Å². The van der Waals surface area contributed by atoms with Gasteiger partial charge in [0.05, 0.1) is 11.0 Å². The van der Waals surface area contributed by atoms with E-state index in [0.717, 1.165) is 9.87 Å². The highest BCUT2D eigenvalue weighted by atomic mass is 32.2. The van der Waals surface area contributed by atoms with Crippen LogP contribution in [0.1, 0.15) is 12.0 Å². The third kappa shape index (κ3) is 2.49. The molecule has 104 valence electrons. The number of carboxylic acids is 1. The fraction of sp³-hybridized carbons (Fsp3) is 0.417. The van der Waals surface area contributed by atoms with Crippen LogP contribution in [0.4, 0.5) is 0 Å². The van der Waals surface area contributed by atoms with Gasteiger partial charge in [-0.25, -0.2) is 8.42 Å². The number of aliphatic hydroxyl groups is 1. The van der Waals surface area contributed by atoms with Crippen LogP contribution in [0.25, 0.3) is 0 Å². The zero-order chi connectivity index (χ0) is 14.2. The molecule has 0 aliphatic carbocycles. The van der Waals surface area contributed by atoms with E-state index in [9.17, 15) is 18.3 Å². The zero-order valence-electron chi connectivity index (χ0n) is 10.4. The highest BCUT2D eigenvalue weighted by Crippen LogP contribution is 2.26. The van der Waals surface area contributed by atoms with Crippen molar-refractivity contribution in [2.45, 2.75) is 30.4 Å². The molecule has 1 saturated heterocycles. The van der Waals surface area contributed by atoms with E-state index in [1.54, 1.807) is 12.1 Å². The lowest BCUT2D eigenvalue weighted by Gasteiger charge is -2.22. The molecule has 2 atom stereocenters. The monoisotopic (exact) mass is 285 g/mol. The van der Waals surface area contributed by atoms with Gasteiger partial charge < -0.3 is 10.2 Å². The van der Waals surface area contributed by atoms with Crippen molar-refractivity contribution >= 4 is 16.0 Å². The van der Waals surface area contributed by atoms with Gasteiger partial charge in [-0.3, -0.25) is 4.79 Å². The van der Waals surface area contributed by atoms with E-state index in [1.807, 2.05) is 6.92 Å². The Kier molecular flexibility index (Phi) is 3.62. The van der Waals surface area contributed by atoms with E-state index in [-0.39, 0.29) is 17.9 Å². The van der Waals surface area contributed by atoms with Crippen molar-refractivity contribution in [3.63, 3.8) is 0 Å². The molecule has 1 aromatic carbocycles. The highest BCUT2D eigenvalue weighted by Gasteiger charge is 2.45. The van der Waals surface area contributed by atoms with Crippen LogP contribution in [0.15, 0.2) is 29.2 Å². The first-order valence-electron chi connectivity index (χ1n) is 5.83. The van der Waals surface area contributed by atoms with Crippen molar-refractivity contribution in [3.05, 3.63) is 29.8 Å². The molecule has 0 unspecified atom stereocenters. The first kappa shape index (κ1) is 14.0. The predicted molar refractivity (Wildman–Crippen MR) is 67.1 cm³/mol. The summed E-state index contributed by atoms with van der Waals surface area (Å²) in [7, 11) is -3.89.